The van der Waals surface area contributed by atoms with Crippen LogP contribution in [0.4, 0.5) is 0 Å². The largest absolute Gasteiger partial charge is 0.491 e. The number of aromatic nitrogens is 4. The summed E-state index contributed by atoms with van der Waals surface area (Å²) in [6.45, 7) is 4.12. The highest BCUT2D eigenvalue weighted by atomic mass is 32.2. The van der Waals surface area contributed by atoms with Crippen LogP contribution in [0.15, 0.2) is 53.7 Å². The standard InChI is InChI=1S/C20H20N4O2S/c1-13-9-14(2)24-19(21-13)22-20(23-24)27-12-17(25)11-26-18-8-7-15-5-3-4-6-16(15)10-18/h3-10,17,25H,11-12H2,1-2H3. The van der Waals surface area contributed by atoms with Gasteiger partial charge >= 0.3 is 0 Å². The second-order valence-electron chi connectivity index (χ2n) is 6.43. The van der Waals surface area contributed by atoms with E-state index in [1.807, 2.05) is 56.3 Å². The molecule has 0 spiro atoms. The van der Waals surface area contributed by atoms with Gasteiger partial charge < -0.3 is 9.84 Å². The number of nitrogens with zero attached hydrogens (tertiary/aromatic N) is 4. The number of fused-ring (bicyclic) bond motifs is 2. The molecular formula is C20H20N4O2S. The fourth-order valence-corrected chi connectivity index (χ4v) is 3.60. The third-order valence-electron chi connectivity index (χ3n) is 4.17. The van der Waals surface area contributed by atoms with Gasteiger partial charge in [-0.05, 0) is 42.8 Å². The lowest BCUT2D eigenvalue weighted by Crippen LogP contribution is -2.20. The number of rotatable bonds is 6. The van der Waals surface area contributed by atoms with E-state index in [1.54, 1.807) is 4.52 Å². The molecular weight excluding hydrogens is 360 g/mol. The summed E-state index contributed by atoms with van der Waals surface area (Å²) in [6, 6.07) is 16.0. The Kier molecular flexibility index (Phi) is 4.96. The van der Waals surface area contributed by atoms with Crippen LogP contribution in [0.3, 0.4) is 0 Å². The van der Waals surface area contributed by atoms with Crippen LogP contribution in [0.2, 0.25) is 0 Å². The van der Waals surface area contributed by atoms with Gasteiger partial charge in [0.15, 0.2) is 0 Å². The van der Waals surface area contributed by atoms with Crippen LogP contribution in [0.5, 0.6) is 5.75 Å². The third-order valence-corrected chi connectivity index (χ3v) is 5.15. The minimum absolute atomic E-state index is 0.217. The number of thioether (sulfide) groups is 1. The van der Waals surface area contributed by atoms with Crippen LogP contribution in [-0.4, -0.2) is 43.2 Å². The van der Waals surface area contributed by atoms with Crippen molar-refractivity contribution in [1.29, 1.82) is 0 Å². The summed E-state index contributed by atoms with van der Waals surface area (Å²) in [5, 5.41) is 17.5. The lowest BCUT2D eigenvalue weighted by molar-refractivity contribution is 0.126. The minimum Gasteiger partial charge on any atom is -0.491 e. The number of ether oxygens (including phenoxy) is 1. The van der Waals surface area contributed by atoms with Gasteiger partial charge in [-0.2, -0.15) is 4.98 Å². The van der Waals surface area contributed by atoms with Crippen LogP contribution < -0.4 is 4.74 Å². The molecule has 0 aliphatic rings. The third kappa shape index (κ3) is 4.04. The van der Waals surface area contributed by atoms with E-state index >= 15 is 0 Å². The first kappa shape index (κ1) is 17.8. The molecule has 138 valence electrons. The van der Waals surface area contributed by atoms with E-state index in [0.29, 0.717) is 16.7 Å². The van der Waals surface area contributed by atoms with Gasteiger partial charge in [0.2, 0.25) is 5.16 Å². The molecule has 1 atom stereocenters. The highest BCUT2D eigenvalue weighted by Crippen LogP contribution is 2.21. The number of hydrogen-bond acceptors (Lipinski definition) is 6. The maximum absolute atomic E-state index is 10.2. The Hall–Kier alpha value is -2.64. The molecule has 2 aromatic heterocycles. The highest BCUT2D eigenvalue weighted by Gasteiger charge is 2.12. The lowest BCUT2D eigenvalue weighted by Gasteiger charge is -2.11. The Morgan fingerprint density at radius 2 is 1.89 bits per heavy atom. The molecule has 0 aliphatic carbocycles. The molecule has 0 aliphatic heterocycles. The molecule has 1 N–H and O–H groups in total. The fraction of sp³-hybridized carbons (Fsp3) is 0.250. The molecule has 4 aromatic rings. The lowest BCUT2D eigenvalue weighted by atomic mass is 10.1. The van der Waals surface area contributed by atoms with Crippen LogP contribution >= 0.6 is 11.8 Å². The SMILES string of the molecule is Cc1cc(C)n2nc(SCC(O)COc3ccc4ccccc4c3)nc2n1. The van der Waals surface area contributed by atoms with Crippen molar-refractivity contribution in [3.8, 4) is 5.75 Å². The summed E-state index contributed by atoms with van der Waals surface area (Å²) < 4.78 is 7.45. The molecule has 6 nitrogen and oxygen atoms in total. The van der Waals surface area contributed by atoms with E-state index in [9.17, 15) is 5.11 Å². The van der Waals surface area contributed by atoms with Gasteiger partial charge in [0.25, 0.3) is 5.78 Å². The van der Waals surface area contributed by atoms with E-state index < -0.39 is 6.10 Å². The average molecular weight is 380 g/mol. The first-order chi connectivity index (χ1) is 13.1. The molecule has 27 heavy (non-hydrogen) atoms. The zero-order valence-corrected chi connectivity index (χ0v) is 16.0. The first-order valence-electron chi connectivity index (χ1n) is 8.72. The highest BCUT2D eigenvalue weighted by molar-refractivity contribution is 7.99. The molecule has 1 unspecified atom stereocenters. The number of benzene rings is 2. The zero-order chi connectivity index (χ0) is 18.8. The molecule has 7 heteroatoms. The van der Waals surface area contributed by atoms with Gasteiger partial charge in [-0.3, -0.25) is 0 Å². The Morgan fingerprint density at radius 3 is 2.74 bits per heavy atom. The fourth-order valence-electron chi connectivity index (χ4n) is 2.88. The van der Waals surface area contributed by atoms with E-state index in [4.69, 9.17) is 4.74 Å². The number of aryl methyl sites for hydroxylation is 2. The van der Waals surface area contributed by atoms with Crippen LogP contribution in [0, 0.1) is 13.8 Å². The van der Waals surface area contributed by atoms with Crippen molar-refractivity contribution in [2.75, 3.05) is 12.4 Å². The summed E-state index contributed by atoms with van der Waals surface area (Å²) in [5.74, 6) is 1.78. The quantitative estimate of drug-likeness (QED) is 0.517. The van der Waals surface area contributed by atoms with Crippen molar-refractivity contribution in [3.63, 3.8) is 0 Å². The number of hydrogen-bond donors (Lipinski definition) is 1. The summed E-state index contributed by atoms with van der Waals surface area (Å²) in [5.41, 5.74) is 1.89. The van der Waals surface area contributed by atoms with Crippen molar-refractivity contribution in [2.45, 2.75) is 25.1 Å². The van der Waals surface area contributed by atoms with Gasteiger partial charge in [-0.1, -0.05) is 42.1 Å². The van der Waals surface area contributed by atoms with E-state index in [-0.39, 0.29) is 6.61 Å². The molecule has 2 aromatic carbocycles. The van der Waals surface area contributed by atoms with Gasteiger partial charge in [0, 0.05) is 17.1 Å². The Labute approximate surface area is 161 Å². The maximum atomic E-state index is 10.2. The van der Waals surface area contributed by atoms with Gasteiger partial charge in [-0.15, -0.1) is 5.10 Å². The van der Waals surface area contributed by atoms with Crippen molar-refractivity contribution in [3.05, 3.63) is 59.9 Å². The molecule has 0 amide bonds. The first-order valence-corrected chi connectivity index (χ1v) is 9.70. The Balaban J connectivity index is 1.35. The minimum atomic E-state index is -0.621. The smallest absolute Gasteiger partial charge is 0.253 e. The second-order valence-corrected chi connectivity index (χ2v) is 7.42. The predicted octanol–water partition coefficient (Wildman–Crippen LogP) is 3.43. The van der Waals surface area contributed by atoms with E-state index in [0.717, 1.165) is 27.9 Å². The van der Waals surface area contributed by atoms with Crippen LogP contribution in [0.1, 0.15) is 11.4 Å². The van der Waals surface area contributed by atoms with Gasteiger partial charge in [-0.25, -0.2) is 9.50 Å². The second kappa shape index (κ2) is 7.54. The molecule has 0 saturated heterocycles. The summed E-state index contributed by atoms with van der Waals surface area (Å²) in [6.07, 6.45) is -0.621. The van der Waals surface area contributed by atoms with Crippen molar-refractivity contribution >= 4 is 28.3 Å². The van der Waals surface area contributed by atoms with E-state index in [1.165, 1.54) is 11.8 Å². The maximum Gasteiger partial charge on any atom is 0.253 e. The topological polar surface area (TPSA) is 72.5 Å². The zero-order valence-electron chi connectivity index (χ0n) is 15.2. The van der Waals surface area contributed by atoms with Gasteiger partial charge in [0.05, 0.1) is 6.10 Å². The monoisotopic (exact) mass is 380 g/mol. The van der Waals surface area contributed by atoms with Crippen molar-refractivity contribution in [2.24, 2.45) is 0 Å². The Morgan fingerprint density at radius 1 is 1.07 bits per heavy atom. The molecule has 0 saturated carbocycles. The number of aliphatic hydroxyl groups excluding tert-OH is 1. The summed E-state index contributed by atoms with van der Waals surface area (Å²) in [7, 11) is 0. The molecule has 4 rings (SSSR count). The Bertz CT molecular complexity index is 1100. The average Bonchev–Trinajstić information content (AvgIpc) is 3.08. The normalized spacial score (nSPS) is 12.6. The van der Waals surface area contributed by atoms with Crippen molar-refractivity contribution in [1.82, 2.24) is 19.6 Å². The summed E-state index contributed by atoms with van der Waals surface area (Å²) in [4.78, 5) is 8.78. The molecule has 0 radical (unpaired) electrons. The van der Waals surface area contributed by atoms with Crippen LogP contribution in [0.25, 0.3) is 16.6 Å². The molecule has 0 fully saturated rings. The summed E-state index contributed by atoms with van der Waals surface area (Å²) >= 11 is 1.39. The van der Waals surface area contributed by atoms with Crippen molar-refractivity contribution < 1.29 is 9.84 Å². The van der Waals surface area contributed by atoms with Crippen LogP contribution in [-0.2, 0) is 0 Å². The molecule has 2 heterocycles. The van der Waals surface area contributed by atoms with E-state index in [2.05, 4.69) is 21.1 Å². The number of aliphatic hydroxyl groups is 1. The predicted molar refractivity (Wildman–Crippen MR) is 106 cm³/mol. The molecule has 0 bridgehead atoms. The van der Waals surface area contributed by atoms with Gasteiger partial charge in [0.1, 0.15) is 12.4 Å².